The second-order valence-corrected chi connectivity index (χ2v) is 4.63. The van der Waals surface area contributed by atoms with Crippen LogP contribution in [0.25, 0.3) is 0 Å². The molecule has 0 fully saturated rings. The highest BCUT2D eigenvalue weighted by atomic mass is 19.1. The minimum absolute atomic E-state index is 0.157. The first-order valence-corrected chi connectivity index (χ1v) is 5.85. The molecule has 0 saturated carbocycles. The molecular weight excluding hydrogens is 201 g/mol. The van der Waals surface area contributed by atoms with Crippen molar-refractivity contribution in [3.05, 3.63) is 46.8 Å². The Kier molecular flexibility index (Phi) is 3.39. The van der Waals surface area contributed by atoms with Gasteiger partial charge < -0.3 is 5.73 Å². The zero-order valence-electron chi connectivity index (χ0n) is 9.67. The quantitative estimate of drug-likeness (QED) is 0.760. The van der Waals surface area contributed by atoms with Crippen LogP contribution in [0, 0.1) is 12.7 Å². The molecule has 1 aliphatic rings. The highest BCUT2D eigenvalue weighted by molar-refractivity contribution is 5.31. The van der Waals surface area contributed by atoms with Gasteiger partial charge in [0, 0.05) is 6.04 Å². The SMILES string of the molecule is Cc1cc(F)ccc1CC1=CC(N)CCC1. The molecule has 0 saturated heterocycles. The fourth-order valence-electron chi connectivity index (χ4n) is 2.28. The molecule has 16 heavy (non-hydrogen) atoms. The van der Waals surface area contributed by atoms with Crippen molar-refractivity contribution in [3.63, 3.8) is 0 Å². The first kappa shape index (κ1) is 11.3. The second-order valence-electron chi connectivity index (χ2n) is 4.63. The third-order valence-corrected chi connectivity index (χ3v) is 3.21. The lowest BCUT2D eigenvalue weighted by Crippen LogP contribution is -2.20. The molecule has 86 valence electrons. The van der Waals surface area contributed by atoms with Crippen LogP contribution in [0.3, 0.4) is 0 Å². The molecule has 1 nitrogen and oxygen atoms in total. The zero-order valence-corrected chi connectivity index (χ0v) is 9.67. The van der Waals surface area contributed by atoms with Crippen molar-refractivity contribution in [3.8, 4) is 0 Å². The molecule has 1 unspecified atom stereocenters. The molecule has 2 heteroatoms. The van der Waals surface area contributed by atoms with Gasteiger partial charge in [-0.2, -0.15) is 0 Å². The normalized spacial score (nSPS) is 20.7. The van der Waals surface area contributed by atoms with Crippen LogP contribution in [0.1, 0.15) is 30.4 Å². The number of rotatable bonds is 2. The summed E-state index contributed by atoms with van der Waals surface area (Å²) in [5.74, 6) is -0.157. The van der Waals surface area contributed by atoms with Gasteiger partial charge in [0.2, 0.25) is 0 Å². The summed E-state index contributed by atoms with van der Waals surface area (Å²) in [6, 6.07) is 5.22. The summed E-state index contributed by atoms with van der Waals surface area (Å²) in [5, 5.41) is 0. The second kappa shape index (κ2) is 4.79. The van der Waals surface area contributed by atoms with Crippen LogP contribution in [0.15, 0.2) is 29.8 Å². The summed E-state index contributed by atoms with van der Waals surface area (Å²) in [6.07, 6.45) is 6.48. The third-order valence-electron chi connectivity index (χ3n) is 3.21. The molecule has 0 amide bonds. The van der Waals surface area contributed by atoms with Gasteiger partial charge in [0.15, 0.2) is 0 Å². The van der Waals surface area contributed by atoms with Gasteiger partial charge in [0.25, 0.3) is 0 Å². The summed E-state index contributed by atoms with van der Waals surface area (Å²) < 4.78 is 13.0. The topological polar surface area (TPSA) is 26.0 Å². The average molecular weight is 219 g/mol. The third kappa shape index (κ3) is 2.70. The number of allylic oxidation sites excluding steroid dienone is 1. The minimum Gasteiger partial charge on any atom is -0.324 e. The Hall–Kier alpha value is -1.15. The van der Waals surface area contributed by atoms with Crippen LogP contribution in [-0.4, -0.2) is 6.04 Å². The Bertz CT molecular complexity index is 409. The van der Waals surface area contributed by atoms with Crippen molar-refractivity contribution in [2.24, 2.45) is 5.73 Å². The highest BCUT2D eigenvalue weighted by Crippen LogP contribution is 2.22. The van der Waals surface area contributed by atoms with Gasteiger partial charge in [0.05, 0.1) is 0 Å². The van der Waals surface area contributed by atoms with E-state index in [0.29, 0.717) is 0 Å². The van der Waals surface area contributed by atoms with E-state index in [-0.39, 0.29) is 11.9 Å². The molecule has 0 spiro atoms. The standard InChI is InChI=1S/C14H18FN/c1-10-7-13(15)6-5-12(10)8-11-3-2-4-14(16)9-11/h5-7,9,14H,2-4,8,16H2,1H3. The molecule has 0 aromatic heterocycles. The van der Waals surface area contributed by atoms with Crippen LogP contribution in [0.4, 0.5) is 4.39 Å². The van der Waals surface area contributed by atoms with Crippen LogP contribution in [0.2, 0.25) is 0 Å². The molecule has 2 rings (SSSR count). The average Bonchev–Trinajstić information content (AvgIpc) is 2.22. The van der Waals surface area contributed by atoms with Crippen LogP contribution >= 0.6 is 0 Å². The molecule has 0 radical (unpaired) electrons. The zero-order chi connectivity index (χ0) is 11.5. The van der Waals surface area contributed by atoms with E-state index in [4.69, 9.17) is 5.73 Å². The van der Waals surface area contributed by atoms with Crippen molar-refractivity contribution < 1.29 is 4.39 Å². The van der Waals surface area contributed by atoms with Gasteiger partial charge in [-0.1, -0.05) is 17.7 Å². The van der Waals surface area contributed by atoms with E-state index in [9.17, 15) is 4.39 Å². The van der Waals surface area contributed by atoms with E-state index >= 15 is 0 Å². The van der Waals surface area contributed by atoms with Crippen molar-refractivity contribution in [1.82, 2.24) is 0 Å². The summed E-state index contributed by atoms with van der Waals surface area (Å²) >= 11 is 0. The number of hydrogen-bond acceptors (Lipinski definition) is 1. The summed E-state index contributed by atoms with van der Waals surface area (Å²) in [5.41, 5.74) is 9.54. The molecule has 0 bridgehead atoms. The van der Waals surface area contributed by atoms with Gasteiger partial charge in [-0.05, 0) is 55.9 Å². The van der Waals surface area contributed by atoms with Crippen LogP contribution < -0.4 is 5.73 Å². The van der Waals surface area contributed by atoms with E-state index in [1.165, 1.54) is 23.6 Å². The predicted molar refractivity (Wildman–Crippen MR) is 64.8 cm³/mol. The number of aryl methyl sites for hydroxylation is 1. The van der Waals surface area contributed by atoms with Crippen LogP contribution in [-0.2, 0) is 6.42 Å². The van der Waals surface area contributed by atoms with E-state index in [2.05, 4.69) is 6.08 Å². The summed E-state index contributed by atoms with van der Waals surface area (Å²) in [4.78, 5) is 0. The van der Waals surface area contributed by atoms with E-state index in [1.54, 1.807) is 6.07 Å². The van der Waals surface area contributed by atoms with Crippen molar-refractivity contribution in [2.45, 2.75) is 38.6 Å². The Balaban J connectivity index is 2.14. The smallest absolute Gasteiger partial charge is 0.123 e. The van der Waals surface area contributed by atoms with Crippen LogP contribution in [0.5, 0.6) is 0 Å². The lowest BCUT2D eigenvalue weighted by molar-refractivity contribution is 0.614. The fourth-order valence-corrected chi connectivity index (χ4v) is 2.28. The first-order valence-electron chi connectivity index (χ1n) is 5.85. The van der Waals surface area contributed by atoms with E-state index < -0.39 is 0 Å². The van der Waals surface area contributed by atoms with Crippen molar-refractivity contribution in [2.75, 3.05) is 0 Å². The van der Waals surface area contributed by atoms with E-state index in [0.717, 1.165) is 24.8 Å². The van der Waals surface area contributed by atoms with Gasteiger partial charge >= 0.3 is 0 Å². The van der Waals surface area contributed by atoms with Gasteiger partial charge in [0.1, 0.15) is 5.82 Å². The Labute approximate surface area is 96.2 Å². The number of hydrogen-bond donors (Lipinski definition) is 1. The molecule has 1 aromatic rings. The minimum atomic E-state index is -0.157. The van der Waals surface area contributed by atoms with Gasteiger partial charge in [-0.25, -0.2) is 4.39 Å². The lowest BCUT2D eigenvalue weighted by atomic mass is 9.90. The molecule has 1 aliphatic carbocycles. The van der Waals surface area contributed by atoms with Crippen molar-refractivity contribution >= 4 is 0 Å². The summed E-state index contributed by atoms with van der Waals surface area (Å²) in [7, 11) is 0. The first-order chi connectivity index (χ1) is 7.65. The van der Waals surface area contributed by atoms with E-state index in [1.807, 2.05) is 13.0 Å². The molecule has 1 aromatic carbocycles. The predicted octanol–water partition coefficient (Wildman–Crippen LogP) is 3.11. The van der Waals surface area contributed by atoms with Crippen molar-refractivity contribution in [1.29, 1.82) is 0 Å². The Morgan fingerprint density at radius 3 is 2.94 bits per heavy atom. The fraction of sp³-hybridized carbons (Fsp3) is 0.429. The van der Waals surface area contributed by atoms with Gasteiger partial charge in [-0.3, -0.25) is 0 Å². The molecule has 0 aliphatic heterocycles. The molecular formula is C14H18FN. The molecule has 2 N–H and O–H groups in total. The maximum atomic E-state index is 13.0. The Morgan fingerprint density at radius 1 is 1.44 bits per heavy atom. The number of halogens is 1. The molecule has 0 heterocycles. The monoisotopic (exact) mass is 219 g/mol. The number of benzene rings is 1. The Morgan fingerprint density at radius 2 is 2.25 bits per heavy atom. The number of nitrogens with two attached hydrogens (primary N) is 1. The lowest BCUT2D eigenvalue weighted by Gasteiger charge is -2.18. The van der Waals surface area contributed by atoms with Gasteiger partial charge in [-0.15, -0.1) is 0 Å². The largest absolute Gasteiger partial charge is 0.324 e. The maximum absolute atomic E-state index is 13.0. The summed E-state index contributed by atoms with van der Waals surface area (Å²) in [6.45, 7) is 1.96. The maximum Gasteiger partial charge on any atom is 0.123 e. The highest BCUT2D eigenvalue weighted by Gasteiger charge is 2.11. The molecule has 1 atom stereocenters.